The van der Waals surface area contributed by atoms with E-state index in [-0.39, 0.29) is 24.7 Å². The summed E-state index contributed by atoms with van der Waals surface area (Å²) in [6, 6.07) is 7.08. The van der Waals surface area contributed by atoms with Crippen molar-refractivity contribution in [3.63, 3.8) is 0 Å². The Labute approximate surface area is 189 Å². The largest absolute Gasteiger partial charge is 0.480 e. The third-order valence-corrected chi connectivity index (χ3v) is 4.67. The van der Waals surface area contributed by atoms with Crippen molar-refractivity contribution in [2.24, 2.45) is 11.8 Å². The number of carboxylic acids is 1. The van der Waals surface area contributed by atoms with E-state index in [9.17, 15) is 24.3 Å². The van der Waals surface area contributed by atoms with Crippen LogP contribution in [-0.2, 0) is 25.6 Å². The summed E-state index contributed by atoms with van der Waals surface area (Å²) in [4.78, 5) is 48.7. The molecular weight excluding hydrogens is 414 g/mol. The van der Waals surface area contributed by atoms with Gasteiger partial charge in [0.25, 0.3) is 0 Å². The maximum atomic E-state index is 13.1. The van der Waals surface area contributed by atoms with Gasteiger partial charge in [0.15, 0.2) is 0 Å². The molecule has 0 unspecified atom stereocenters. The summed E-state index contributed by atoms with van der Waals surface area (Å²) in [6.07, 6.45) is -0.553. The van der Waals surface area contributed by atoms with Gasteiger partial charge in [-0.1, -0.05) is 58.0 Å². The first-order chi connectivity index (χ1) is 15.0. The maximum Gasteiger partial charge on any atom is 0.322 e. The molecule has 0 saturated carbocycles. The number of aliphatic hydroxyl groups is 1. The topological polar surface area (TPSA) is 145 Å². The smallest absolute Gasteiger partial charge is 0.322 e. The monoisotopic (exact) mass is 449 g/mol. The third kappa shape index (κ3) is 10.4. The first kappa shape index (κ1) is 27.1. The van der Waals surface area contributed by atoms with E-state index in [1.165, 1.54) is 0 Å². The molecule has 0 spiro atoms. The van der Waals surface area contributed by atoms with Crippen molar-refractivity contribution in [3.05, 3.63) is 35.9 Å². The molecule has 0 aliphatic heterocycles. The number of nitrogens with one attached hydrogen (secondary N) is 3. The van der Waals surface area contributed by atoms with Gasteiger partial charge in [-0.3, -0.25) is 19.2 Å². The zero-order valence-electron chi connectivity index (χ0n) is 19.1. The number of hydrogen-bond acceptors (Lipinski definition) is 5. The van der Waals surface area contributed by atoms with Gasteiger partial charge in [0, 0.05) is 6.42 Å². The third-order valence-electron chi connectivity index (χ3n) is 4.67. The first-order valence-electron chi connectivity index (χ1n) is 10.8. The van der Waals surface area contributed by atoms with Crippen molar-refractivity contribution >= 4 is 23.7 Å². The van der Waals surface area contributed by atoms with Gasteiger partial charge >= 0.3 is 5.97 Å². The van der Waals surface area contributed by atoms with Gasteiger partial charge in [-0.05, 0) is 30.2 Å². The van der Waals surface area contributed by atoms with Crippen LogP contribution in [0.3, 0.4) is 0 Å². The number of aliphatic hydroxyl groups excluding tert-OH is 1. The fraction of sp³-hybridized carbons (Fsp3) is 0.565. The van der Waals surface area contributed by atoms with E-state index in [0.29, 0.717) is 6.42 Å². The highest BCUT2D eigenvalue weighted by Crippen LogP contribution is 2.09. The number of hydrogen-bond donors (Lipinski definition) is 5. The van der Waals surface area contributed by atoms with E-state index in [1.54, 1.807) is 12.1 Å². The summed E-state index contributed by atoms with van der Waals surface area (Å²) in [6.45, 7) is 6.92. The standard InChI is InChI=1S/C23H35N3O6/c1-14(2)10-17(21(30)24-13-20(28)29)25-22(31)18(12-16-8-6-5-7-9-16)26-23(32)19(27)11-15(3)4/h5-9,14-15,17-19,27H,10-13H2,1-4H3,(H,24,30)(H,25,31)(H,26,32)(H,28,29)/t17-,18-,19+/m0/s1. The molecule has 3 atom stereocenters. The maximum absolute atomic E-state index is 13.1. The lowest BCUT2D eigenvalue weighted by molar-refractivity contribution is -0.139. The molecule has 0 fully saturated rings. The highest BCUT2D eigenvalue weighted by molar-refractivity contribution is 5.93. The van der Waals surface area contributed by atoms with Crippen molar-refractivity contribution < 1.29 is 29.4 Å². The van der Waals surface area contributed by atoms with E-state index in [2.05, 4.69) is 16.0 Å². The van der Waals surface area contributed by atoms with Crippen LogP contribution in [0, 0.1) is 11.8 Å². The van der Waals surface area contributed by atoms with E-state index in [1.807, 2.05) is 45.9 Å². The van der Waals surface area contributed by atoms with Crippen LogP contribution in [0.2, 0.25) is 0 Å². The molecular formula is C23H35N3O6. The normalized spacial score (nSPS) is 13.8. The van der Waals surface area contributed by atoms with Gasteiger partial charge in [0.2, 0.25) is 17.7 Å². The highest BCUT2D eigenvalue weighted by Gasteiger charge is 2.29. The van der Waals surface area contributed by atoms with Crippen molar-refractivity contribution in [3.8, 4) is 0 Å². The number of aliphatic carboxylic acids is 1. The van der Waals surface area contributed by atoms with Crippen LogP contribution in [0.5, 0.6) is 0 Å². The van der Waals surface area contributed by atoms with E-state index < -0.39 is 48.4 Å². The predicted octanol–water partition coefficient (Wildman–Crippen LogP) is 0.853. The predicted molar refractivity (Wildman–Crippen MR) is 120 cm³/mol. The van der Waals surface area contributed by atoms with Gasteiger partial charge in [-0.15, -0.1) is 0 Å². The van der Waals surface area contributed by atoms with Gasteiger partial charge in [0.1, 0.15) is 24.7 Å². The lowest BCUT2D eigenvalue weighted by Gasteiger charge is -2.25. The molecule has 3 amide bonds. The average molecular weight is 450 g/mol. The van der Waals surface area contributed by atoms with Crippen LogP contribution >= 0.6 is 0 Å². The number of amides is 3. The second-order valence-electron chi connectivity index (χ2n) is 8.70. The number of benzene rings is 1. The van der Waals surface area contributed by atoms with Crippen molar-refractivity contribution in [1.82, 2.24) is 16.0 Å². The summed E-state index contributed by atoms with van der Waals surface area (Å²) in [5, 5.41) is 26.4. The number of rotatable bonds is 13. The Kier molecular flexibility index (Phi) is 11.4. The van der Waals surface area contributed by atoms with Gasteiger partial charge in [-0.25, -0.2) is 0 Å². The summed E-state index contributed by atoms with van der Waals surface area (Å²) >= 11 is 0. The molecule has 5 N–H and O–H groups in total. The first-order valence-corrected chi connectivity index (χ1v) is 10.8. The van der Waals surface area contributed by atoms with E-state index >= 15 is 0 Å². The second kappa shape index (κ2) is 13.5. The molecule has 32 heavy (non-hydrogen) atoms. The van der Waals surface area contributed by atoms with E-state index in [4.69, 9.17) is 5.11 Å². The number of carboxylic acid groups (broad SMARTS) is 1. The fourth-order valence-electron chi connectivity index (χ4n) is 3.14. The average Bonchev–Trinajstić information content (AvgIpc) is 2.70. The zero-order valence-corrected chi connectivity index (χ0v) is 19.1. The Morgan fingerprint density at radius 3 is 1.91 bits per heavy atom. The summed E-state index contributed by atoms with van der Waals surface area (Å²) in [5.74, 6) is -2.92. The molecule has 1 aromatic carbocycles. The molecule has 0 bridgehead atoms. The van der Waals surface area contributed by atoms with Crippen LogP contribution in [-0.4, -0.2) is 58.6 Å². The zero-order chi connectivity index (χ0) is 24.3. The number of carbonyl (C=O) groups excluding carboxylic acids is 3. The Bertz CT molecular complexity index is 766. The highest BCUT2D eigenvalue weighted by atomic mass is 16.4. The molecule has 0 aromatic heterocycles. The van der Waals surface area contributed by atoms with Gasteiger partial charge < -0.3 is 26.2 Å². The van der Waals surface area contributed by atoms with Crippen molar-refractivity contribution in [2.75, 3.05) is 6.54 Å². The molecule has 1 aromatic rings. The molecule has 0 radical (unpaired) electrons. The van der Waals surface area contributed by atoms with Crippen LogP contribution in [0.25, 0.3) is 0 Å². The number of carbonyl (C=O) groups is 4. The Balaban J connectivity index is 3.00. The molecule has 0 heterocycles. The lowest BCUT2D eigenvalue weighted by Crippen LogP contribution is -2.56. The second-order valence-corrected chi connectivity index (χ2v) is 8.70. The van der Waals surface area contributed by atoms with Gasteiger partial charge in [-0.2, -0.15) is 0 Å². The molecule has 0 aliphatic rings. The summed E-state index contributed by atoms with van der Waals surface area (Å²) in [5.41, 5.74) is 0.794. The summed E-state index contributed by atoms with van der Waals surface area (Å²) < 4.78 is 0. The minimum Gasteiger partial charge on any atom is -0.480 e. The molecule has 1 rings (SSSR count). The fourth-order valence-corrected chi connectivity index (χ4v) is 3.14. The van der Waals surface area contributed by atoms with E-state index in [0.717, 1.165) is 5.56 Å². The van der Waals surface area contributed by atoms with Crippen molar-refractivity contribution in [1.29, 1.82) is 0 Å². The Morgan fingerprint density at radius 2 is 1.38 bits per heavy atom. The quantitative estimate of drug-likeness (QED) is 0.302. The molecule has 178 valence electrons. The SMILES string of the molecule is CC(C)C[C@@H](O)C(=O)N[C@@H](Cc1ccccc1)C(=O)N[C@@H](CC(C)C)C(=O)NCC(=O)O. The molecule has 0 saturated heterocycles. The lowest BCUT2D eigenvalue weighted by atomic mass is 10.0. The minimum atomic E-state index is -1.26. The molecule has 9 nitrogen and oxygen atoms in total. The molecule has 0 aliphatic carbocycles. The van der Waals surface area contributed by atoms with Crippen LogP contribution in [0.4, 0.5) is 0 Å². The minimum absolute atomic E-state index is 0.0471. The van der Waals surface area contributed by atoms with Crippen LogP contribution in [0.15, 0.2) is 30.3 Å². The Morgan fingerprint density at radius 1 is 0.812 bits per heavy atom. The van der Waals surface area contributed by atoms with Crippen molar-refractivity contribution in [2.45, 2.75) is 65.1 Å². The molecule has 9 heteroatoms. The van der Waals surface area contributed by atoms with Crippen LogP contribution < -0.4 is 16.0 Å². The van der Waals surface area contributed by atoms with Gasteiger partial charge in [0.05, 0.1) is 0 Å². The van der Waals surface area contributed by atoms with Crippen LogP contribution in [0.1, 0.15) is 46.1 Å². The summed E-state index contributed by atoms with van der Waals surface area (Å²) in [7, 11) is 0. The Hall–Kier alpha value is -2.94.